The number of oxazole rings is 1. The Morgan fingerprint density at radius 2 is 1.04 bits per heavy atom. The van der Waals surface area contributed by atoms with Crippen LogP contribution in [-0.4, -0.2) is 19.9 Å². The molecule has 3 aromatic heterocycles. The molecule has 0 aliphatic carbocycles. The maximum Gasteiger partial charge on any atom is 0.227 e. The lowest BCUT2D eigenvalue weighted by Gasteiger charge is -2.11. The summed E-state index contributed by atoms with van der Waals surface area (Å²) in [6, 6.07) is 53.6. The zero-order valence-corrected chi connectivity index (χ0v) is 27.6. The van der Waals surface area contributed by atoms with Crippen LogP contribution in [0, 0.1) is 0 Å². The van der Waals surface area contributed by atoms with E-state index in [0.29, 0.717) is 28.9 Å². The summed E-state index contributed by atoms with van der Waals surface area (Å²) < 4.78 is 13.0. The Bertz CT molecular complexity index is 3180. The summed E-state index contributed by atoms with van der Waals surface area (Å²) in [6.45, 7) is 0. The van der Waals surface area contributed by atoms with Gasteiger partial charge in [0, 0.05) is 33.0 Å². The van der Waals surface area contributed by atoms with Gasteiger partial charge in [-0.15, -0.1) is 0 Å². The Labute approximate surface area is 296 Å². The molecule has 0 N–H and O–H groups in total. The third kappa shape index (κ3) is 4.44. The zero-order chi connectivity index (χ0) is 34.2. The predicted molar refractivity (Wildman–Crippen MR) is 209 cm³/mol. The summed E-state index contributed by atoms with van der Waals surface area (Å²) in [5, 5.41) is 8.58. The lowest BCUT2D eigenvalue weighted by molar-refractivity contribution is 0.622. The third-order valence-corrected chi connectivity index (χ3v) is 9.95. The van der Waals surface area contributed by atoms with E-state index in [1.165, 1.54) is 16.2 Å². The number of rotatable bonds is 4. The van der Waals surface area contributed by atoms with Crippen LogP contribution < -0.4 is 0 Å². The van der Waals surface area contributed by atoms with Gasteiger partial charge in [0.2, 0.25) is 5.89 Å². The van der Waals surface area contributed by atoms with Crippen molar-refractivity contribution in [2.24, 2.45) is 0 Å². The van der Waals surface area contributed by atoms with Crippen molar-refractivity contribution >= 4 is 65.4 Å². The number of aromatic nitrogens is 4. The average Bonchev–Trinajstić information content (AvgIpc) is 3.83. The van der Waals surface area contributed by atoms with Gasteiger partial charge in [-0.25, -0.2) is 19.9 Å². The van der Waals surface area contributed by atoms with Crippen LogP contribution >= 0.6 is 0 Å². The van der Waals surface area contributed by atoms with E-state index < -0.39 is 0 Å². The van der Waals surface area contributed by atoms with E-state index >= 15 is 0 Å². The van der Waals surface area contributed by atoms with Crippen LogP contribution in [0.3, 0.4) is 0 Å². The lowest BCUT2D eigenvalue weighted by Crippen LogP contribution is -2.00. The first-order chi connectivity index (χ1) is 25.7. The second kappa shape index (κ2) is 11.2. The van der Waals surface area contributed by atoms with E-state index in [1.54, 1.807) is 0 Å². The minimum atomic E-state index is 0.583. The average molecular weight is 667 g/mol. The molecule has 242 valence electrons. The van der Waals surface area contributed by atoms with E-state index in [4.69, 9.17) is 28.8 Å². The Morgan fingerprint density at radius 1 is 0.365 bits per heavy atom. The van der Waals surface area contributed by atoms with Crippen LogP contribution in [0.4, 0.5) is 0 Å². The summed E-state index contributed by atoms with van der Waals surface area (Å²) in [7, 11) is 0. The first kappa shape index (κ1) is 28.6. The molecule has 6 nitrogen and oxygen atoms in total. The molecule has 0 saturated carbocycles. The minimum Gasteiger partial charge on any atom is -0.455 e. The fourth-order valence-electron chi connectivity index (χ4n) is 7.45. The smallest absolute Gasteiger partial charge is 0.227 e. The SMILES string of the molecule is c1ccc(-c2nc(-c3ccc4c(ccc5ccccc54)c3)nc(-c3cccc4c3ccc3c4oc4ccc5nc(-c6ccccc6)oc5c43)n2)cc1. The number of hydrogen-bond donors (Lipinski definition) is 0. The first-order valence-electron chi connectivity index (χ1n) is 17.2. The first-order valence-corrected chi connectivity index (χ1v) is 17.2. The molecular weight excluding hydrogens is 641 g/mol. The quantitative estimate of drug-likeness (QED) is 0.174. The van der Waals surface area contributed by atoms with Crippen molar-refractivity contribution in [2.45, 2.75) is 0 Å². The highest BCUT2D eigenvalue weighted by atomic mass is 16.4. The van der Waals surface area contributed by atoms with Crippen LogP contribution in [0.25, 0.3) is 111 Å². The van der Waals surface area contributed by atoms with Crippen molar-refractivity contribution < 1.29 is 8.83 Å². The fraction of sp³-hybridized carbons (Fsp3) is 0. The van der Waals surface area contributed by atoms with Crippen molar-refractivity contribution in [3.05, 3.63) is 158 Å². The van der Waals surface area contributed by atoms with Crippen LogP contribution in [0.1, 0.15) is 0 Å². The molecule has 8 aromatic carbocycles. The summed E-state index contributed by atoms with van der Waals surface area (Å²) in [5.74, 6) is 2.40. The molecule has 6 heteroatoms. The third-order valence-electron chi connectivity index (χ3n) is 9.95. The van der Waals surface area contributed by atoms with Crippen molar-refractivity contribution in [2.75, 3.05) is 0 Å². The van der Waals surface area contributed by atoms with Gasteiger partial charge in [-0.2, -0.15) is 0 Å². The fourth-order valence-corrected chi connectivity index (χ4v) is 7.45. The molecule has 3 heterocycles. The number of fused-ring (bicyclic) bond motifs is 10. The maximum absolute atomic E-state index is 6.60. The highest BCUT2D eigenvalue weighted by Gasteiger charge is 2.20. The standard InChI is InChI=1S/C46H26N4O2/c1-3-11-28(12-4-1)43-48-44(31-20-21-33-30(26-31)19-18-27-10-7-8-15-32(27)33)50-45(49-43)36-17-9-16-35-34(36)22-23-37-40-39(51-41(35)37)25-24-38-42(40)52-46(47-38)29-13-5-2-6-14-29/h1-26H. The van der Waals surface area contributed by atoms with Gasteiger partial charge in [-0.1, -0.05) is 121 Å². The second-order valence-electron chi connectivity index (χ2n) is 13.0. The van der Waals surface area contributed by atoms with E-state index in [2.05, 4.69) is 78.9 Å². The number of nitrogens with zero attached hydrogens (tertiary/aromatic N) is 4. The topological polar surface area (TPSA) is 77.8 Å². The Balaban J connectivity index is 1.10. The molecule has 52 heavy (non-hydrogen) atoms. The van der Waals surface area contributed by atoms with Crippen LogP contribution in [0.15, 0.2) is 167 Å². The highest BCUT2D eigenvalue weighted by Crippen LogP contribution is 2.41. The zero-order valence-electron chi connectivity index (χ0n) is 27.6. The number of benzene rings is 8. The molecule has 0 atom stereocenters. The van der Waals surface area contributed by atoms with Gasteiger partial charge in [-0.05, 0) is 63.3 Å². The molecule has 0 aliphatic heterocycles. The van der Waals surface area contributed by atoms with Gasteiger partial charge < -0.3 is 8.83 Å². The number of furan rings is 1. The van der Waals surface area contributed by atoms with E-state index in [-0.39, 0.29) is 0 Å². The molecule has 0 unspecified atom stereocenters. The molecule has 0 saturated heterocycles. The highest BCUT2D eigenvalue weighted by molar-refractivity contribution is 6.22. The van der Waals surface area contributed by atoms with Gasteiger partial charge in [0.25, 0.3) is 0 Å². The Morgan fingerprint density at radius 3 is 1.90 bits per heavy atom. The van der Waals surface area contributed by atoms with E-state index in [0.717, 1.165) is 65.9 Å². The molecular formula is C46H26N4O2. The summed E-state index contributed by atoms with van der Waals surface area (Å²) >= 11 is 0. The van der Waals surface area contributed by atoms with Crippen molar-refractivity contribution in [1.82, 2.24) is 19.9 Å². The van der Waals surface area contributed by atoms with Gasteiger partial charge in [-0.3, -0.25) is 0 Å². The normalized spacial score (nSPS) is 11.8. The van der Waals surface area contributed by atoms with Crippen LogP contribution in [-0.2, 0) is 0 Å². The Kier molecular flexibility index (Phi) is 6.15. The molecule has 0 radical (unpaired) electrons. The Hall–Kier alpha value is -7.18. The van der Waals surface area contributed by atoms with Crippen LogP contribution in [0.2, 0.25) is 0 Å². The minimum absolute atomic E-state index is 0.583. The van der Waals surface area contributed by atoms with E-state index in [9.17, 15) is 0 Å². The van der Waals surface area contributed by atoms with Crippen LogP contribution in [0.5, 0.6) is 0 Å². The van der Waals surface area contributed by atoms with Gasteiger partial charge in [0.1, 0.15) is 16.7 Å². The van der Waals surface area contributed by atoms with Crippen molar-refractivity contribution in [3.8, 4) is 45.6 Å². The molecule has 11 aromatic rings. The largest absolute Gasteiger partial charge is 0.455 e. The molecule has 0 spiro atoms. The summed E-state index contributed by atoms with van der Waals surface area (Å²) in [5.41, 5.74) is 6.69. The van der Waals surface area contributed by atoms with E-state index in [1.807, 2.05) is 78.9 Å². The molecule has 0 fully saturated rings. The molecule has 0 amide bonds. The van der Waals surface area contributed by atoms with Crippen molar-refractivity contribution in [3.63, 3.8) is 0 Å². The molecule has 0 bridgehead atoms. The lowest BCUT2D eigenvalue weighted by atomic mass is 9.99. The van der Waals surface area contributed by atoms with Gasteiger partial charge in [0.05, 0.1) is 5.39 Å². The van der Waals surface area contributed by atoms with Gasteiger partial charge >= 0.3 is 0 Å². The molecule has 11 rings (SSSR count). The predicted octanol–water partition coefficient (Wildman–Crippen LogP) is 12.0. The monoisotopic (exact) mass is 666 g/mol. The summed E-state index contributed by atoms with van der Waals surface area (Å²) in [4.78, 5) is 20.0. The maximum atomic E-state index is 6.60. The number of hydrogen-bond acceptors (Lipinski definition) is 6. The summed E-state index contributed by atoms with van der Waals surface area (Å²) in [6.07, 6.45) is 0. The van der Waals surface area contributed by atoms with Crippen molar-refractivity contribution in [1.29, 1.82) is 0 Å². The van der Waals surface area contributed by atoms with Gasteiger partial charge in [0.15, 0.2) is 23.1 Å². The second-order valence-corrected chi connectivity index (χ2v) is 13.0. The molecule has 0 aliphatic rings.